The van der Waals surface area contributed by atoms with Gasteiger partial charge in [0.25, 0.3) is 0 Å². The number of hydrogen-bond donors (Lipinski definition) is 0. The van der Waals surface area contributed by atoms with Crippen LogP contribution < -0.4 is 4.74 Å². The van der Waals surface area contributed by atoms with E-state index in [1.54, 1.807) is 6.92 Å². The molecule has 5 rings (SSSR count). The Hall–Kier alpha value is -4.09. The SMILES string of the molecule is CCCOc1ccc(-c2cc3c(c(C(F)(F)F)c2)-c2c(cc(-c4cc(F)c(F)c(F)c4)cc2C(F)(F)F)CC3)c(F)c1F. The summed E-state index contributed by atoms with van der Waals surface area (Å²) in [5.74, 6) is -8.52. The van der Waals surface area contributed by atoms with Gasteiger partial charge in [-0.1, -0.05) is 19.1 Å². The van der Waals surface area contributed by atoms with Gasteiger partial charge in [0.1, 0.15) is 0 Å². The van der Waals surface area contributed by atoms with Crippen molar-refractivity contribution >= 4 is 0 Å². The maximum absolute atomic E-state index is 15.0. The molecule has 0 heterocycles. The molecule has 0 spiro atoms. The minimum atomic E-state index is -5.23. The average molecular weight is 616 g/mol. The second-order valence-electron chi connectivity index (χ2n) is 9.95. The van der Waals surface area contributed by atoms with Crippen molar-refractivity contribution in [2.45, 2.75) is 38.5 Å². The molecule has 0 N–H and O–H groups in total. The quantitative estimate of drug-likeness (QED) is 0.160. The normalized spacial score (nSPS) is 13.1. The summed E-state index contributed by atoms with van der Waals surface area (Å²) >= 11 is 0. The molecule has 0 saturated carbocycles. The van der Waals surface area contributed by atoms with Gasteiger partial charge in [0, 0.05) is 5.56 Å². The number of aryl methyl sites for hydroxylation is 2. The van der Waals surface area contributed by atoms with Crippen LogP contribution in [0.4, 0.5) is 48.3 Å². The van der Waals surface area contributed by atoms with E-state index in [4.69, 9.17) is 4.74 Å². The van der Waals surface area contributed by atoms with Crippen LogP contribution >= 0.6 is 0 Å². The molecule has 0 aliphatic heterocycles. The van der Waals surface area contributed by atoms with Crippen molar-refractivity contribution in [3.05, 3.63) is 99.9 Å². The zero-order valence-electron chi connectivity index (χ0n) is 22.0. The smallest absolute Gasteiger partial charge is 0.417 e. The number of rotatable bonds is 5. The van der Waals surface area contributed by atoms with Crippen LogP contribution in [0, 0.1) is 29.1 Å². The summed E-state index contributed by atoms with van der Waals surface area (Å²) in [6, 6.07) is 6.09. The number of hydrogen-bond acceptors (Lipinski definition) is 1. The highest BCUT2D eigenvalue weighted by Crippen LogP contribution is 2.50. The molecule has 4 aromatic rings. The lowest BCUT2D eigenvalue weighted by atomic mass is 9.77. The second-order valence-corrected chi connectivity index (χ2v) is 9.95. The molecule has 0 amide bonds. The first kappa shape index (κ1) is 30.4. The standard InChI is InChI=1S/C31H19F11O/c1-2-7-43-24-6-5-19(27(34)29(24)36)18-9-15-4-3-14-8-16(17-12-22(32)28(35)23(33)13-17)10-20(30(37,38)39)25(14)26(15)21(11-18)31(40,41)42/h5-6,8-13H,2-4,7H2,1H3. The molecule has 0 bridgehead atoms. The molecule has 0 saturated heterocycles. The van der Waals surface area contributed by atoms with Crippen LogP contribution in [0.5, 0.6) is 5.75 Å². The summed E-state index contributed by atoms with van der Waals surface area (Å²) in [5, 5.41) is 0. The zero-order chi connectivity index (χ0) is 31.4. The summed E-state index contributed by atoms with van der Waals surface area (Å²) in [7, 11) is 0. The first-order valence-corrected chi connectivity index (χ1v) is 12.9. The molecule has 1 aliphatic rings. The predicted molar refractivity (Wildman–Crippen MR) is 136 cm³/mol. The van der Waals surface area contributed by atoms with Gasteiger partial charge in [0.2, 0.25) is 5.82 Å². The van der Waals surface area contributed by atoms with E-state index < -0.39 is 86.1 Å². The molecular formula is C31H19F11O. The van der Waals surface area contributed by atoms with Crippen molar-refractivity contribution in [2.24, 2.45) is 0 Å². The van der Waals surface area contributed by atoms with Crippen LogP contribution in [0.3, 0.4) is 0 Å². The van der Waals surface area contributed by atoms with Crippen LogP contribution in [0.15, 0.2) is 48.5 Å². The van der Waals surface area contributed by atoms with E-state index in [0.717, 1.165) is 24.3 Å². The Balaban J connectivity index is 1.75. The Morgan fingerprint density at radius 2 is 1.09 bits per heavy atom. The molecule has 0 radical (unpaired) electrons. The molecule has 12 heteroatoms. The van der Waals surface area contributed by atoms with Gasteiger partial charge in [0.15, 0.2) is 29.0 Å². The predicted octanol–water partition coefficient (Wildman–Crippen LogP) is 10.3. The van der Waals surface area contributed by atoms with E-state index in [-0.39, 0.29) is 36.1 Å². The summed E-state index contributed by atoms with van der Waals surface area (Å²) < 4.78 is 163. The fourth-order valence-corrected chi connectivity index (χ4v) is 5.23. The van der Waals surface area contributed by atoms with Gasteiger partial charge in [-0.25, -0.2) is 17.6 Å². The number of fused-ring (bicyclic) bond motifs is 3. The summed E-state index contributed by atoms with van der Waals surface area (Å²) in [6.07, 6.45) is -10.4. The van der Waals surface area contributed by atoms with Crippen molar-refractivity contribution in [3.63, 3.8) is 0 Å². The van der Waals surface area contributed by atoms with E-state index >= 15 is 4.39 Å². The molecular weight excluding hydrogens is 597 g/mol. The van der Waals surface area contributed by atoms with Crippen molar-refractivity contribution in [2.75, 3.05) is 6.61 Å². The lowest BCUT2D eigenvalue weighted by Gasteiger charge is -2.28. The summed E-state index contributed by atoms with van der Waals surface area (Å²) in [6.45, 7) is 1.78. The van der Waals surface area contributed by atoms with E-state index in [1.165, 1.54) is 0 Å². The van der Waals surface area contributed by atoms with Crippen LogP contribution in [-0.2, 0) is 25.2 Å². The number of halogens is 11. The Bertz CT molecular complexity index is 1710. The van der Waals surface area contributed by atoms with Gasteiger partial charge in [-0.05, 0) is 94.6 Å². The zero-order valence-corrected chi connectivity index (χ0v) is 22.0. The first-order chi connectivity index (χ1) is 20.1. The van der Waals surface area contributed by atoms with Crippen LogP contribution in [0.1, 0.15) is 35.6 Å². The Labute approximate surface area is 237 Å². The fraction of sp³-hybridized carbons (Fsp3) is 0.226. The maximum Gasteiger partial charge on any atom is 0.417 e. The van der Waals surface area contributed by atoms with Gasteiger partial charge in [-0.15, -0.1) is 0 Å². The molecule has 0 fully saturated rings. The third-order valence-corrected chi connectivity index (χ3v) is 7.10. The summed E-state index contributed by atoms with van der Waals surface area (Å²) in [5.41, 5.74) is -6.81. The van der Waals surface area contributed by atoms with Gasteiger partial charge in [-0.3, -0.25) is 0 Å². The van der Waals surface area contributed by atoms with Crippen molar-refractivity contribution in [3.8, 4) is 39.1 Å². The average Bonchev–Trinajstić information content (AvgIpc) is 2.94. The highest BCUT2D eigenvalue weighted by Gasteiger charge is 2.42. The lowest BCUT2D eigenvalue weighted by molar-refractivity contribution is -0.139. The number of alkyl halides is 6. The largest absolute Gasteiger partial charge is 0.490 e. The Morgan fingerprint density at radius 3 is 1.60 bits per heavy atom. The van der Waals surface area contributed by atoms with Gasteiger partial charge < -0.3 is 4.74 Å². The van der Waals surface area contributed by atoms with Gasteiger partial charge in [0.05, 0.1) is 17.7 Å². The van der Waals surface area contributed by atoms with Crippen molar-refractivity contribution in [1.29, 1.82) is 0 Å². The molecule has 226 valence electrons. The molecule has 0 unspecified atom stereocenters. The van der Waals surface area contributed by atoms with Crippen LogP contribution in [-0.4, -0.2) is 6.61 Å². The lowest BCUT2D eigenvalue weighted by Crippen LogP contribution is -2.18. The van der Waals surface area contributed by atoms with Crippen LogP contribution in [0.2, 0.25) is 0 Å². The molecule has 1 nitrogen and oxygen atoms in total. The Morgan fingerprint density at radius 1 is 0.605 bits per heavy atom. The highest BCUT2D eigenvalue weighted by molar-refractivity contribution is 5.85. The third kappa shape index (κ3) is 5.54. The van der Waals surface area contributed by atoms with Gasteiger partial charge in [-0.2, -0.15) is 30.7 Å². The number of benzene rings is 4. The van der Waals surface area contributed by atoms with Crippen LogP contribution in [0.25, 0.3) is 33.4 Å². The van der Waals surface area contributed by atoms with E-state index in [0.29, 0.717) is 30.7 Å². The fourth-order valence-electron chi connectivity index (χ4n) is 5.23. The minimum absolute atomic E-state index is 0.0560. The topological polar surface area (TPSA) is 9.23 Å². The van der Waals surface area contributed by atoms with Crippen molar-refractivity contribution < 1.29 is 53.0 Å². The van der Waals surface area contributed by atoms with E-state index in [2.05, 4.69) is 0 Å². The monoisotopic (exact) mass is 616 g/mol. The first-order valence-electron chi connectivity index (χ1n) is 12.9. The Kier molecular flexibility index (Phi) is 7.68. The molecule has 0 atom stereocenters. The molecule has 4 aromatic carbocycles. The molecule has 0 aromatic heterocycles. The van der Waals surface area contributed by atoms with E-state index in [1.807, 2.05) is 0 Å². The van der Waals surface area contributed by atoms with Gasteiger partial charge >= 0.3 is 12.4 Å². The maximum atomic E-state index is 15.0. The van der Waals surface area contributed by atoms with E-state index in [9.17, 15) is 43.9 Å². The highest BCUT2D eigenvalue weighted by atomic mass is 19.4. The summed E-state index contributed by atoms with van der Waals surface area (Å²) in [4.78, 5) is 0. The third-order valence-electron chi connectivity index (χ3n) is 7.10. The second kappa shape index (κ2) is 10.9. The molecule has 43 heavy (non-hydrogen) atoms. The molecule has 1 aliphatic carbocycles. The van der Waals surface area contributed by atoms with Crippen molar-refractivity contribution in [1.82, 2.24) is 0 Å². The number of ether oxygens (including phenoxy) is 1. The minimum Gasteiger partial charge on any atom is -0.490 e.